The second-order valence-electron chi connectivity index (χ2n) is 2.47. The molecule has 1 rings (SSSR count). The number of carbonyl (C=O) groups is 1. The highest BCUT2D eigenvalue weighted by molar-refractivity contribution is 9.09. The molecule has 0 saturated heterocycles. The zero-order valence-corrected chi connectivity index (χ0v) is 8.01. The van der Waals surface area contributed by atoms with E-state index in [0.717, 1.165) is 18.2 Å². The van der Waals surface area contributed by atoms with Gasteiger partial charge in [-0.3, -0.25) is 4.79 Å². The van der Waals surface area contributed by atoms with Crippen LogP contribution in [0.15, 0.2) is 18.2 Å². The van der Waals surface area contributed by atoms with E-state index in [4.69, 9.17) is 5.73 Å². The van der Waals surface area contributed by atoms with Crippen molar-refractivity contribution in [1.82, 2.24) is 0 Å². The largest absolute Gasteiger partial charge is 0.368 e. The van der Waals surface area contributed by atoms with Crippen LogP contribution in [0.1, 0.15) is 10.4 Å². The monoisotopic (exact) mass is 249 g/mol. The molecule has 1 aromatic rings. The first-order valence-corrected chi connectivity index (χ1v) is 4.31. The van der Waals surface area contributed by atoms with Gasteiger partial charge in [-0.15, -0.1) is 0 Å². The van der Waals surface area contributed by atoms with Crippen molar-refractivity contribution in [3.05, 3.63) is 35.4 Å². The van der Waals surface area contributed by atoms with E-state index in [0.29, 0.717) is 0 Å². The van der Waals surface area contributed by atoms with Crippen LogP contribution in [-0.2, 0) is 4.79 Å². The first-order chi connectivity index (χ1) is 6.00. The predicted molar refractivity (Wildman–Crippen MR) is 47.2 cm³/mol. The molecule has 1 amide bonds. The van der Waals surface area contributed by atoms with Crippen LogP contribution < -0.4 is 5.73 Å². The van der Waals surface area contributed by atoms with E-state index in [1.807, 2.05) is 0 Å². The second kappa shape index (κ2) is 3.83. The van der Waals surface area contributed by atoms with Crippen molar-refractivity contribution in [2.75, 3.05) is 0 Å². The molecule has 1 unspecified atom stereocenters. The summed E-state index contributed by atoms with van der Waals surface area (Å²) in [5.41, 5.74) is 5.11. The van der Waals surface area contributed by atoms with Crippen LogP contribution in [0.25, 0.3) is 0 Å². The van der Waals surface area contributed by atoms with Crippen LogP contribution in [0.2, 0.25) is 0 Å². The minimum Gasteiger partial charge on any atom is -0.368 e. The summed E-state index contributed by atoms with van der Waals surface area (Å²) in [7, 11) is 0. The minimum absolute atomic E-state index is 0.171. The lowest BCUT2D eigenvalue weighted by Crippen LogP contribution is -2.16. The molecule has 70 valence electrons. The normalized spacial score (nSPS) is 12.5. The number of hydrogen-bond donors (Lipinski definition) is 1. The lowest BCUT2D eigenvalue weighted by molar-refractivity contribution is -0.117. The Kier molecular flexibility index (Phi) is 2.98. The van der Waals surface area contributed by atoms with Gasteiger partial charge in [0.15, 0.2) is 0 Å². The average Bonchev–Trinajstić information content (AvgIpc) is 2.01. The minimum atomic E-state index is -0.863. The Morgan fingerprint density at radius 1 is 1.31 bits per heavy atom. The Morgan fingerprint density at radius 2 is 1.77 bits per heavy atom. The van der Waals surface area contributed by atoms with E-state index >= 15 is 0 Å². The Labute approximate surface area is 81.9 Å². The van der Waals surface area contributed by atoms with Crippen molar-refractivity contribution >= 4 is 21.8 Å². The zero-order chi connectivity index (χ0) is 10.0. The molecule has 0 aromatic heterocycles. The van der Waals surface area contributed by atoms with E-state index in [9.17, 15) is 13.6 Å². The number of rotatable bonds is 2. The maximum Gasteiger partial charge on any atom is 0.235 e. The van der Waals surface area contributed by atoms with Crippen LogP contribution in [-0.4, -0.2) is 5.91 Å². The maximum absolute atomic E-state index is 12.6. The van der Waals surface area contributed by atoms with Gasteiger partial charge in [0.25, 0.3) is 0 Å². The fourth-order valence-corrected chi connectivity index (χ4v) is 1.15. The van der Waals surface area contributed by atoms with E-state index in [-0.39, 0.29) is 5.56 Å². The third kappa shape index (κ3) is 2.48. The SMILES string of the molecule is NC(=O)C(Br)c1cc(F)cc(F)c1. The molecule has 5 heteroatoms. The van der Waals surface area contributed by atoms with Gasteiger partial charge in [0.2, 0.25) is 5.91 Å². The topological polar surface area (TPSA) is 43.1 Å². The fraction of sp³-hybridized carbons (Fsp3) is 0.125. The van der Waals surface area contributed by atoms with Crippen LogP contribution in [0.5, 0.6) is 0 Å². The number of carbonyl (C=O) groups excluding carboxylic acids is 1. The summed E-state index contributed by atoms with van der Waals surface area (Å²) in [6.07, 6.45) is 0. The summed E-state index contributed by atoms with van der Waals surface area (Å²) in [6.45, 7) is 0. The molecule has 13 heavy (non-hydrogen) atoms. The highest BCUT2D eigenvalue weighted by Gasteiger charge is 2.15. The summed E-state index contributed by atoms with van der Waals surface area (Å²) >= 11 is 2.91. The lowest BCUT2D eigenvalue weighted by atomic mass is 10.1. The van der Waals surface area contributed by atoms with Gasteiger partial charge >= 0.3 is 0 Å². The first-order valence-electron chi connectivity index (χ1n) is 3.40. The van der Waals surface area contributed by atoms with Crippen molar-refractivity contribution in [3.63, 3.8) is 0 Å². The number of amides is 1. The van der Waals surface area contributed by atoms with Crippen molar-refractivity contribution in [3.8, 4) is 0 Å². The molecule has 0 aliphatic heterocycles. The van der Waals surface area contributed by atoms with Gasteiger partial charge < -0.3 is 5.73 Å². The molecule has 0 heterocycles. The Morgan fingerprint density at radius 3 is 2.15 bits per heavy atom. The number of hydrogen-bond acceptors (Lipinski definition) is 1. The van der Waals surface area contributed by atoms with Crippen molar-refractivity contribution < 1.29 is 13.6 Å². The molecule has 1 atom stereocenters. The Hall–Kier alpha value is -0.970. The molecule has 0 fully saturated rings. The summed E-state index contributed by atoms with van der Waals surface area (Å²) in [5.74, 6) is -2.16. The van der Waals surface area contributed by atoms with Crippen LogP contribution in [0.4, 0.5) is 8.78 Å². The molecule has 0 spiro atoms. The third-order valence-corrected chi connectivity index (χ3v) is 2.41. The fourth-order valence-electron chi connectivity index (χ4n) is 0.886. The van der Waals surface area contributed by atoms with Crippen LogP contribution in [0.3, 0.4) is 0 Å². The van der Waals surface area contributed by atoms with Gasteiger partial charge in [-0.1, -0.05) is 15.9 Å². The van der Waals surface area contributed by atoms with Gasteiger partial charge in [-0.25, -0.2) is 8.78 Å². The van der Waals surface area contributed by atoms with E-state index in [1.165, 1.54) is 0 Å². The molecule has 0 saturated carbocycles. The Bertz CT molecular complexity index is 323. The van der Waals surface area contributed by atoms with E-state index in [1.54, 1.807) is 0 Å². The molecule has 0 radical (unpaired) electrons. The third-order valence-electron chi connectivity index (χ3n) is 1.43. The number of benzene rings is 1. The van der Waals surface area contributed by atoms with Gasteiger partial charge in [-0.2, -0.15) is 0 Å². The highest BCUT2D eigenvalue weighted by atomic mass is 79.9. The van der Waals surface area contributed by atoms with Crippen molar-refractivity contribution in [2.24, 2.45) is 5.73 Å². The number of alkyl halides is 1. The average molecular weight is 250 g/mol. The molecule has 1 aromatic carbocycles. The number of nitrogens with two attached hydrogens (primary N) is 1. The number of halogens is 3. The van der Waals surface area contributed by atoms with Gasteiger partial charge in [0.1, 0.15) is 16.5 Å². The quantitative estimate of drug-likeness (QED) is 0.800. The summed E-state index contributed by atoms with van der Waals surface area (Å²) < 4.78 is 25.3. The van der Waals surface area contributed by atoms with Crippen molar-refractivity contribution in [1.29, 1.82) is 0 Å². The lowest BCUT2D eigenvalue weighted by Gasteiger charge is -2.05. The van der Waals surface area contributed by atoms with Crippen LogP contribution in [0, 0.1) is 11.6 Å². The van der Waals surface area contributed by atoms with E-state index < -0.39 is 22.4 Å². The first kappa shape index (κ1) is 10.1. The maximum atomic E-state index is 12.6. The van der Waals surface area contributed by atoms with Gasteiger partial charge in [-0.05, 0) is 17.7 Å². The predicted octanol–water partition coefficient (Wildman–Crippen LogP) is 1.89. The van der Waals surface area contributed by atoms with Gasteiger partial charge in [0.05, 0.1) is 0 Å². The molecular formula is C8H6BrF2NO. The Balaban J connectivity index is 3.07. The van der Waals surface area contributed by atoms with Gasteiger partial charge in [0, 0.05) is 6.07 Å². The molecule has 2 nitrogen and oxygen atoms in total. The summed E-state index contributed by atoms with van der Waals surface area (Å²) in [5, 5.41) is 0. The molecule has 2 N–H and O–H groups in total. The highest BCUT2D eigenvalue weighted by Crippen LogP contribution is 2.23. The zero-order valence-electron chi connectivity index (χ0n) is 6.43. The molecule has 0 aliphatic carbocycles. The van der Waals surface area contributed by atoms with Crippen molar-refractivity contribution in [2.45, 2.75) is 4.83 Å². The van der Waals surface area contributed by atoms with Crippen LogP contribution >= 0.6 is 15.9 Å². The van der Waals surface area contributed by atoms with E-state index in [2.05, 4.69) is 15.9 Å². The molecule has 0 bridgehead atoms. The molecular weight excluding hydrogens is 244 g/mol. The smallest absolute Gasteiger partial charge is 0.235 e. The molecule has 0 aliphatic rings. The number of primary amides is 1. The summed E-state index contributed by atoms with van der Waals surface area (Å²) in [4.78, 5) is 9.79. The second-order valence-corrected chi connectivity index (χ2v) is 3.38. The standard InChI is InChI=1S/C8H6BrF2NO/c9-7(8(12)13)4-1-5(10)3-6(11)2-4/h1-3,7H,(H2,12,13). The summed E-state index contributed by atoms with van der Waals surface area (Å²) in [6, 6.07) is 2.82.